The number of carbonyl (C=O) groups is 1. The number of aromatic nitrogens is 3. The first-order valence-corrected chi connectivity index (χ1v) is 9.74. The van der Waals surface area contributed by atoms with Crippen molar-refractivity contribution in [1.29, 1.82) is 0 Å². The van der Waals surface area contributed by atoms with Gasteiger partial charge in [-0.05, 0) is 37.6 Å². The monoisotopic (exact) mass is 402 g/mol. The molecule has 0 unspecified atom stereocenters. The van der Waals surface area contributed by atoms with E-state index in [0.29, 0.717) is 29.8 Å². The summed E-state index contributed by atoms with van der Waals surface area (Å²) in [4.78, 5) is 33.6. The molecule has 4 aromatic rings. The topological polar surface area (TPSA) is 90.0 Å². The number of fused-ring (bicyclic) bond motifs is 1. The maximum Gasteiger partial charge on any atom is 0.261 e. The fourth-order valence-corrected chi connectivity index (χ4v) is 3.24. The number of hydrogen-bond acceptors (Lipinski definition) is 5. The summed E-state index contributed by atoms with van der Waals surface area (Å²) in [5, 5.41) is 3.33. The molecular weight excluding hydrogens is 380 g/mol. The van der Waals surface area contributed by atoms with E-state index in [-0.39, 0.29) is 18.0 Å². The van der Waals surface area contributed by atoms with Gasteiger partial charge in [0.25, 0.3) is 5.56 Å². The van der Waals surface area contributed by atoms with Gasteiger partial charge in [-0.25, -0.2) is 9.97 Å². The average molecular weight is 402 g/mol. The Hall–Kier alpha value is -3.74. The van der Waals surface area contributed by atoms with Crippen molar-refractivity contribution in [2.45, 2.75) is 26.8 Å². The first kappa shape index (κ1) is 19.6. The van der Waals surface area contributed by atoms with E-state index in [4.69, 9.17) is 4.42 Å². The largest absolute Gasteiger partial charge is 0.444 e. The second-order valence-corrected chi connectivity index (χ2v) is 7.26. The second-order valence-electron chi connectivity index (χ2n) is 7.26. The van der Waals surface area contributed by atoms with Gasteiger partial charge in [-0.2, -0.15) is 0 Å². The number of carbonyl (C=O) groups excluding carboxylic acids is 1. The molecule has 2 heterocycles. The van der Waals surface area contributed by atoms with E-state index in [1.807, 2.05) is 50.2 Å². The molecule has 0 atom stereocenters. The van der Waals surface area contributed by atoms with Gasteiger partial charge in [0, 0.05) is 18.5 Å². The van der Waals surface area contributed by atoms with Crippen LogP contribution in [0, 0.1) is 13.8 Å². The van der Waals surface area contributed by atoms with Crippen molar-refractivity contribution in [3.63, 3.8) is 0 Å². The summed E-state index contributed by atoms with van der Waals surface area (Å²) >= 11 is 0. The third-order valence-electron chi connectivity index (χ3n) is 4.92. The van der Waals surface area contributed by atoms with Crippen molar-refractivity contribution in [1.82, 2.24) is 19.9 Å². The van der Waals surface area contributed by atoms with E-state index in [1.165, 1.54) is 16.5 Å². The maximum atomic E-state index is 12.6. The van der Waals surface area contributed by atoms with Crippen LogP contribution in [-0.4, -0.2) is 27.0 Å². The van der Waals surface area contributed by atoms with Crippen LogP contribution < -0.4 is 10.9 Å². The fraction of sp³-hybridized carbons (Fsp3) is 0.217. The lowest BCUT2D eigenvalue weighted by molar-refractivity contribution is -0.121. The minimum absolute atomic E-state index is 0.0802. The Bertz CT molecular complexity index is 1260. The van der Waals surface area contributed by atoms with Gasteiger partial charge < -0.3 is 9.73 Å². The van der Waals surface area contributed by atoms with Gasteiger partial charge in [-0.3, -0.25) is 14.2 Å². The quantitative estimate of drug-likeness (QED) is 0.535. The summed E-state index contributed by atoms with van der Waals surface area (Å²) in [6, 6.07) is 13.4. The third kappa shape index (κ3) is 4.15. The van der Waals surface area contributed by atoms with Crippen LogP contribution in [0.4, 0.5) is 0 Å². The SMILES string of the molecule is Cc1ccc(-c2nc(CCNC(=O)Cn3cnc4c(C)cccc4c3=O)co2)cc1. The summed E-state index contributed by atoms with van der Waals surface area (Å²) in [6.45, 7) is 4.24. The van der Waals surface area contributed by atoms with Crippen molar-refractivity contribution in [2.75, 3.05) is 6.54 Å². The van der Waals surface area contributed by atoms with Crippen LogP contribution in [0.1, 0.15) is 16.8 Å². The molecule has 0 radical (unpaired) electrons. The van der Waals surface area contributed by atoms with E-state index in [0.717, 1.165) is 16.8 Å². The molecule has 152 valence electrons. The van der Waals surface area contributed by atoms with E-state index in [9.17, 15) is 9.59 Å². The predicted molar refractivity (Wildman–Crippen MR) is 114 cm³/mol. The van der Waals surface area contributed by atoms with Gasteiger partial charge in [-0.15, -0.1) is 0 Å². The minimum Gasteiger partial charge on any atom is -0.444 e. The zero-order valence-electron chi connectivity index (χ0n) is 16.9. The van der Waals surface area contributed by atoms with Crippen LogP contribution in [0.25, 0.3) is 22.4 Å². The van der Waals surface area contributed by atoms with Gasteiger partial charge >= 0.3 is 0 Å². The number of nitrogens with zero attached hydrogens (tertiary/aromatic N) is 3. The highest BCUT2D eigenvalue weighted by Crippen LogP contribution is 2.19. The van der Waals surface area contributed by atoms with Gasteiger partial charge in [-0.1, -0.05) is 29.8 Å². The zero-order chi connectivity index (χ0) is 21.1. The van der Waals surface area contributed by atoms with Crippen molar-refractivity contribution in [3.05, 3.63) is 82.2 Å². The van der Waals surface area contributed by atoms with E-state index < -0.39 is 0 Å². The number of oxazole rings is 1. The zero-order valence-corrected chi connectivity index (χ0v) is 16.9. The fourth-order valence-electron chi connectivity index (χ4n) is 3.24. The third-order valence-corrected chi connectivity index (χ3v) is 4.92. The Morgan fingerprint density at radius 1 is 1.13 bits per heavy atom. The molecule has 7 nitrogen and oxygen atoms in total. The molecule has 4 rings (SSSR count). The summed E-state index contributed by atoms with van der Waals surface area (Å²) < 4.78 is 6.85. The number of nitrogens with one attached hydrogen (secondary N) is 1. The molecule has 30 heavy (non-hydrogen) atoms. The molecule has 0 spiro atoms. The van der Waals surface area contributed by atoms with Crippen molar-refractivity contribution in [3.8, 4) is 11.5 Å². The standard InChI is InChI=1S/C23H22N4O3/c1-15-6-8-17(9-7-15)22-26-18(13-30-22)10-11-24-20(28)12-27-14-25-21-16(2)4-3-5-19(21)23(27)29/h3-9,13-14H,10-12H2,1-2H3,(H,24,28). The Labute approximate surface area is 173 Å². The predicted octanol–water partition coefficient (Wildman–Crippen LogP) is 3.03. The number of hydrogen-bond donors (Lipinski definition) is 1. The number of rotatable bonds is 6. The molecule has 1 amide bonds. The normalized spacial score (nSPS) is 11.0. The average Bonchev–Trinajstić information content (AvgIpc) is 3.20. The van der Waals surface area contributed by atoms with Crippen LogP contribution in [0.15, 0.2) is 64.3 Å². The van der Waals surface area contributed by atoms with Crippen LogP contribution in [0.5, 0.6) is 0 Å². The molecule has 2 aromatic carbocycles. The highest BCUT2D eigenvalue weighted by Gasteiger charge is 2.10. The lowest BCUT2D eigenvalue weighted by Gasteiger charge is -2.08. The molecule has 0 bridgehead atoms. The lowest BCUT2D eigenvalue weighted by atomic mass is 10.1. The number of aryl methyl sites for hydroxylation is 2. The Kier molecular flexibility index (Phi) is 5.43. The van der Waals surface area contributed by atoms with E-state index in [2.05, 4.69) is 15.3 Å². The number of benzene rings is 2. The van der Waals surface area contributed by atoms with Crippen LogP contribution in [-0.2, 0) is 17.8 Å². The van der Waals surface area contributed by atoms with Gasteiger partial charge in [0.15, 0.2) is 0 Å². The molecule has 0 fully saturated rings. The summed E-state index contributed by atoms with van der Waals surface area (Å²) in [5.41, 5.74) is 4.20. The van der Waals surface area contributed by atoms with Crippen molar-refractivity contribution < 1.29 is 9.21 Å². The van der Waals surface area contributed by atoms with Crippen LogP contribution >= 0.6 is 0 Å². The van der Waals surface area contributed by atoms with Crippen LogP contribution in [0.2, 0.25) is 0 Å². The lowest BCUT2D eigenvalue weighted by Crippen LogP contribution is -2.33. The molecule has 0 aliphatic rings. The molecular formula is C23H22N4O3. The minimum atomic E-state index is -0.256. The first-order valence-electron chi connectivity index (χ1n) is 9.74. The first-order chi connectivity index (χ1) is 14.5. The van der Waals surface area contributed by atoms with Crippen molar-refractivity contribution in [2.24, 2.45) is 0 Å². The van der Waals surface area contributed by atoms with Crippen molar-refractivity contribution >= 4 is 16.8 Å². The van der Waals surface area contributed by atoms with Gasteiger partial charge in [0.05, 0.1) is 22.9 Å². The number of para-hydroxylation sites is 1. The van der Waals surface area contributed by atoms with Gasteiger partial charge in [0.1, 0.15) is 12.8 Å². The van der Waals surface area contributed by atoms with E-state index in [1.54, 1.807) is 12.3 Å². The highest BCUT2D eigenvalue weighted by molar-refractivity contribution is 5.81. The smallest absolute Gasteiger partial charge is 0.261 e. The molecule has 0 aliphatic carbocycles. The Balaban J connectivity index is 1.35. The molecule has 2 aromatic heterocycles. The van der Waals surface area contributed by atoms with E-state index >= 15 is 0 Å². The summed E-state index contributed by atoms with van der Waals surface area (Å²) in [7, 11) is 0. The van der Waals surface area contributed by atoms with Crippen LogP contribution in [0.3, 0.4) is 0 Å². The molecule has 7 heteroatoms. The molecule has 0 saturated heterocycles. The molecule has 1 N–H and O–H groups in total. The second kappa shape index (κ2) is 8.32. The summed E-state index contributed by atoms with van der Waals surface area (Å²) in [5.74, 6) is 0.300. The maximum absolute atomic E-state index is 12.6. The molecule has 0 saturated carbocycles. The Morgan fingerprint density at radius 2 is 1.93 bits per heavy atom. The number of amides is 1. The van der Waals surface area contributed by atoms with Gasteiger partial charge in [0.2, 0.25) is 11.8 Å². The Morgan fingerprint density at radius 3 is 2.73 bits per heavy atom. The molecule has 0 aliphatic heterocycles. The highest BCUT2D eigenvalue weighted by atomic mass is 16.3. The summed E-state index contributed by atoms with van der Waals surface area (Å²) in [6.07, 6.45) is 3.55.